The maximum absolute atomic E-state index is 10.9. The molecule has 1 aromatic rings. The van der Waals surface area contributed by atoms with Gasteiger partial charge in [0, 0.05) is 11.8 Å². The summed E-state index contributed by atoms with van der Waals surface area (Å²) >= 11 is 1.96. The lowest BCUT2D eigenvalue weighted by Gasteiger charge is -2.13. The summed E-state index contributed by atoms with van der Waals surface area (Å²) in [5, 5.41) is 12.8. The molecule has 0 aromatic heterocycles. The predicted octanol–water partition coefficient (Wildman–Crippen LogP) is 2.27. The Morgan fingerprint density at radius 2 is 2.41 bits per heavy atom. The maximum Gasteiger partial charge on any atom is 0.335 e. The summed E-state index contributed by atoms with van der Waals surface area (Å²) in [6.07, 6.45) is 2.48. The van der Waals surface area contributed by atoms with E-state index >= 15 is 0 Å². The van der Waals surface area contributed by atoms with Crippen LogP contribution in [-0.2, 0) is 0 Å². The average Bonchev–Trinajstić information content (AvgIpc) is 2.80. The van der Waals surface area contributed by atoms with Crippen LogP contribution in [0.4, 0.5) is 11.4 Å². The molecule has 17 heavy (non-hydrogen) atoms. The Bertz CT molecular complexity index is 417. The van der Waals surface area contributed by atoms with Crippen LogP contribution in [0.1, 0.15) is 23.2 Å². The highest BCUT2D eigenvalue weighted by molar-refractivity contribution is 8.00. The smallest absolute Gasteiger partial charge is 0.335 e. The number of carboxylic acids is 1. The molecule has 5 heteroatoms. The Balaban J connectivity index is 2.03. The molecule has 0 saturated carbocycles. The molecule has 4 nitrogen and oxygen atoms in total. The third-order valence-corrected chi connectivity index (χ3v) is 4.24. The Kier molecular flexibility index (Phi) is 3.78. The van der Waals surface area contributed by atoms with Crippen LogP contribution in [0, 0.1) is 0 Å². The van der Waals surface area contributed by atoms with Gasteiger partial charge in [-0.25, -0.2) is 4.79 Å². The molecule has 1 unspecified atom stereocenters. The summed E-state index contributed by atoms with van der Waals surface area (Å²) in [4.78, 5) is 10.9. The summed E-state index contributed by atoms with van der Waals surface area (Å²) in [6.45, 7) is 0.845. The molecule has 1 fully saturated rings. The summed E-state index contributed by atoms with van der Waals surface area (Å²) in [5.74, 6) is 0.292. The van der Waals surface area contributed by atoms with Crippen LogP contribution in [0.25, 0.3) is 0 Å². The summed E-state index contributed by atoms with van der Waals surface area (Å²) in [7, 11) is 0. The molecule has 4 N–H and O–H groups in total. The first kappa shape index (κ1) is 12.1. The van der Waals surface area contributed by atoms with Crippen molar-refractivity contribution in [1.29, 1.82) is 0 Å². The number of benzene rings is 1. The van der Waals surface area contributed by atoms with Crippen molar-refractivity contribution in [1.82, 2.24) is 0 Å². The van der Waals surface area contributed by atoms with Gasteiger partial charge in [-0.15, -0.1) is 0 Å². The van der Waals surface area contributed by atoms with Crippen molar-refractivity contribution in [3.8, 4) is 0 Å². The minimum absolute atomic E-state index is 0.265. The van der Waals surface area contributed by atoms with E-state index in [0.717, 1.165) is 12.2 Å². The number of anilines is 2. The third-order valence-electron chi connectivity index (χ3n) is 2.84. The highest BCUT2D eigenvalue weighted by atomic mass is 32.2. The van der Waals surface area contributed by atoms with Crippen molar-refractivity contribution in [2.75, 3.05) is 23.3 Å². The Morgan fingerprint density at radius 1 is 1.59 bits per heavy atom. The van der Waals surface area contributed by atoms with Gasteiger partial charge in [0.2, 0.25) is 0 Å². The first-order valence-corrected chi connectivity index (χ1v) is 6.70. The molecule has 0 bridgehead atoms. The number of carboxylic acid groups (broad SMARTS) is 1. The average molecular weight is 252 g/mol. The fraction of sp³-hybridized carbons (Fsp3) is 0.417. The molecule has 1 aliphatic rings. The van der Waals surface area contributed by atoms with E-state index in [9.17, 15) is 4.79 Å². The van der Waals surface area contributed by atoms with Crippen molar-refractivity contribution in [2.45, 2.75) is 18.1 Å². The number of nitrogens with two attached hydrogens (primary N) is 1. The molecule has 1 saturated heterocycles. The molecule has 1 heterocycles. The van der Waals surface area contributed by atoms with Crippen molar-refractivity contribution >= 4 is 29.1 Å². The first-order valence-electron chi connectivity index (χ1n) is 5.65. The van der Waals surface area contributed by atoms with Crippen LogP contribution in [0.3, 0.4) is 0 Å². The van der Waals surface area contributed by atoms with Gasteiger partial charge in [-0.1, -0.05) is 0 Å². The van der Waals surface area contributed by atoms with Crippen molar-refractivity contribution < 1.29 is 9.90 Å². The van der Waals surface area contributed by atoms with Gasteiger partial charge in [-0.05, 0) is 36.8 Å². The van der Waals surface area contributed by atoms with Crippen molar-refractivity contribution in [3.63, 3.8) is 0 Å². The van der Waals surface area contributed by atoms with Crippen LogP contribution in [-0.4, -0.2) is 28.6 Å². The van der Waals surface area contributed by atoms with E-state index in [1.807, 2.05) is 11.8 Å². The Hall–Kier alpha value is -1.36. The van der Waals surface area contributed by atoms with Crippen molar-refractivity contribution in [3.05, 3.63) is 23.8 Å². The van der Waals surface area contributed by atoms with Crippen LogP contribution in [0.15, 0.2) is 18.2 Å². The number of nitrogens with one attached hydrogen (secondary N) is 1. The molecular formula is C12H16N2O2S. The van der Waals surface area contributed by atoms with E-state index in [-0.39, 0.29) is 5.56 Å². The fourth-order valence-electron chi connectivity index (χ4n) is 1.87. The molecule has 92 valence electrons. The third kappa shape index (κ3) is 3.06. The number of rotatable bonds is 4. The van der Waals surface area contributed by atoms with Crippen LogP contribution in [0.2, 0.25) is 0 Å². The standard InChI is InChI=1S/C12H16N2O2S/c13-10-4-3-8(12(15)16)6-11(10)14-7-9-2-1-5-17-9/h3-4,6,9,14H,1-2,5,7,13H2,(H,15,16). The maximum atomic E-state index is 10.9. The van der Waals surface area contributed by atoms with Crippen LogP contribution < -0.4 is 11.1 Å². The SMILES string of the molecule is Nc1ccc(C(=O)O)cc1NCC1CCCS1. The zero-order valence-corrected chi connectivity index (χ0v) is 10.3. The van der Waals surface area contributed by atoms with E-state index in [1.54, 1.807) is 12.1 Å². The molecule has 1 atom stereocenters. The summed E-state index contributed by atoms with van der Waals surface area (Å²) in [5.41, 5.74) is 7.39. The zero-order chi connectivity index (χ0) is 12.3. The second-order valence-corrected chi connectivity index (χ2v) is 5.53. The quantitative estimate of drug-likeness (QED) is 0.717. The molecule has 2 rings (SSSR count). The number of hydrogen-bond acceptors (Lipinski definition) is 4. The first-order chi connectivity index (χ1) is 8.16. The summed E-state index contributed by atoms with van der Waals surface area (Å²) < 4.78 is 0. The zero-order valence-electron chi connectivity index (χ0n) is 9.48. The number of thioether (sulfide) groups is 1. The highest BCUT2D eigenvalue weighted by Crippen LogP contribution is 2.27. The fourth-order valence-corrected chi connectivity index (χ4v) is 3.07. The van der Waals surface area contributed by atoms with E-state index in [4.69, 9.17) is 10.8 Å². The number of aromatic carboxylic acids is 1. The minimum Gasteiger partial charge on any atom is -0.478 e. The monoisotopic (exact) mass is 252 g/mol. The van der Waals surface area contributed by atoms with Crippen LogP contribution in [0.5, 0.6) is 0 Å². The topological polar surface area (TPSA) is 75.4 Å². The minimum atomic E-state index is -0.928. The van der Waals surface area contributed by atoms with E-state index in [2.05, 4.69) is 5.32 Å². The normalized spacial score (nSPS) is 19.2. The van der Waals surface area contributed by atoms with Gasteiger partial charge >= 0.3 is 5.97 Å². The Morgan fingerprint density at radius 3 is 3.06 bits per heavy atom. The summed E-state index contributed by atoms with van der Waals surface area (Å²) in [6, 6.07) is 4.75. The lowest BCUT2D eigenvalue weighted by molar-refractivity contribution is 0.0697. The van der Waals surface area contributed by atoms with Gasteiger partial charge in [-0.2, -0.15) is 11.8 Å². The van der Waals surface area contributed by atoms with Gasteiger partial charge in [0.25, 0.3) is 0 Å². The van der Waals surface area contributed by atoms with Gasteiger partial charge in [0.1, 0.15) is 0 Å². The molecule has 0 radical (unpaired) electrons. The lowest BCUT2D eigenvalue weighted by Crippen LogP contribution is -2.15. The van der Waals surface area contributed by atoms with Crippen molar-refractivity contribution in [2.24, 2.45) is 0 Å². The highest BCUT2D eigenvalue weighted by Gasteiger charge is 2.15. The predicted molar refractivity (Wildman–Crippen MR) is 71.8 cm³/mol. The van der Waals surface area contributed by atoms with E-state index < -0.39 is 5.97 Å². The molecular weight excluding hydrogens is 236 g/mol. The second-order valence-electron chi connectivity index (χ2n) is 4.12. The second kappa shape index (κ2) is 5.31. The van der Waals surface area contributed by atoms with Gasteiger partial charge in [0.05, 0.1) is 16.9 Å². The Labute approximate surface area is 105 Å². The van der Waals surface area contributed by atoms with E-state index in [1.165, 1.54) is 24.7 Å². The molecule has 0 spiro atoms. The van der Waals surface area contributed by atoms with Gasteiger partial charge < -0.3 is 16.2 Å². The lowest BCUT2D eigenvalue weighted by atomic mass is 10.1. The number of nitrogen functional groups attached to an aromatic ring is 1. The molecule has 1 aromatic carbocycles. The largest absolute Gasteiger partial charge is 0.478 e. The van der Waals surface area contributed by atoms with Gasteiger partial charge in [0.15, 0.2) is 0 Å². The number of carbonyl (C=O) groups is 1. The molecule has 0 aliphatic carbocycles. The molecule has 1 aliphatic heterocycles. The van der Waals surface area contributed by atoms with Gasteiger partial charge in [-0.3, -0.25) is 0 Å². The molecule has 0 amide bonds. The van der Waals surface area contributed by atoms with E-state index in [0.29, 0.717) is 10.9 Å². The number of hydrogen-bond donors (Lipinski definition) is 3. The van der Waals surface area contributed by atoms with Crippen LogP contribution >= 0.6 is 11.8 Å².